The Kier molecular flexibility index (Phi) is 2.67. The number of allylic oxidation sites excluding steroid dienone is 8. The third kappa shape index (κ3) is 2.42. The van der Waals surface area contributed by atoms with Crippen molar-refractivity contribution in [2.45, 2.75) is 0 Å². The van der Waals surface area contributed by atoms with Gasteiger partial charge in [0, 0.05) is 5.92 Å². The molecule has 0 saturated carbocycles. The zero-order valence-electron chi connectivity index (χ0n) is 6.53. The molecule has 0 aromatic rings. The second kappa shape index (κ2) is 3.77. The minimum atomic E-state index is 0.451. The second-order valence-electron chi connectivity index (χ2n) is 2.49. The molecule has 0 radical (unpaired) electrons. The van der Waals surface area contributed by atoms with Gasteiger partial charge in [-0.1, -0.05) is 55.7 Å². The normalized spacial score (nSPS) is 16.4. The molecule has 0 aromatic heterocycles. The molecule has 0 saturated heterocycles. The van der Waals surface area contributed by atoms with E-state index in [4.69, 9.17) is 0 Å². The maximum atomic E-state index is 3.78. The minimum absolute atomic E-state index is 0.451. The molecule has 1 aliphatic rings. The first kappa shape index (κ1) is 7.80. The van der Waals surface area contributed by atoms with Crippen LogP contribution in [-0.2, 0) is 0 Å². The Hall–Kier alpha value is -1.30. The van der Waals surface area contributed by atoms with Gasteiger partial charge >= 0.3 is 0 Å². The zero-order valence-corrected chi connectivity index (χ0v) is 6.53. The summed E-state index contributed by atoms with van der Waals surface area (Å²) in [6.45, 7) is 7.40. The van der Waals surface area contributed by atoms with Gasteiger partial charge in [-0.15, -0.1) is 0 Å². The fourth-order valence-corrected chi connectivity index (χ4v) is 0.880. The first-order chi connectivity index (χ1) is 5.33. The predicted molar refractivity (Wildman–Crippen MR) is 50.2 cm³/mol. The van der Waals surface area contributed by atoms with Crippen LogP contribution in [0.2, 0.25) is 0 Å². The van der Waals surface area contributed by atoms with E-state index in [9.17, 15) is 0 Å². The van der Waals surface area contributed by atoms with Crippen LogP contribution in [0, 0.1) is 5.92 Å². The van der Waals surface area contributed by atoms with Crippen molar-refractivity contribution in [3.63, 3.8) is 0 Å². The van der Waals surface area contributed by atoms with Gasteiger partial charge in [0.15, 0.2) is 0 Å². The van der Waals surface area contributed by atoms with Crippen molar-refractivity contribution in [1.29, 1.82) is 0 Å². The predicted octanol–water partition coefficient (Wildman–Crippen LogP) is 3.03. The van der Waals surface area contributed by atoms with E-state index >= 15 is 0 Å². The number of hydrogen-bond donors (Lipinski definition) is 0. The highest BCUT2D eigenvalue weighted by atomic mass is 14.0. The highest BCUT2D eigenvalue weighted by molar-refractivity contribution is 5.30. The summed E-state index contributed by atoms with van der Waals surface area (Å²) >= 11 is 0. The molecular formula is C11H12. The van der Waals surface area contributed by atoms with E-state index in [0.717, 1.165) is 5.57 Å². The van der Waals surface area contributed by atoms with Crippen LogP contribution in [0.15, 0.2) is 61.3 Å². The molecule has 0 atom stereocenters. The lowest BCUT2D eigenvalue weighted by atomic mass is 10.1. The van der Waals surface area contributed by atoms with Crippen molar-refractivity contribution < 1.29 is 0 Å². The Balaban J connectivity index is 2.47. The lowest BCUT2D eigenvalue weighted by Crippen LogP contribution is -1.80. The van der Waals surface area contributed by atoms with Crippen molar-refractivity contribution in [3.8, 4) is 0 Å². The summed E-state index contributed by atoms with van der Waals surface area (Å²) in [6.07, 6.45) is 14.2. The number of rotatable bonds is 3. The quantitative estimate of drug-likeness (QED) is 0.534. The fraction of sp³-hybridized carbons (Fsp3) is 0.0909. The van der Waals surface area contributed by atoms with Crippen LogP contribution in [0.3, 0.4) is 0 Å². The van der Waals surface area contributed by atoms with Gasteiger partial charge in [0.25, 0.3) is 0 Å². The molecule has 0 unspecified atom stereocenters. The Morgan fingerprint density at radius 3 is 2.45 bits per heavy atom. The van der Waals surface area contributed by atoms with Crippen LogP contribution in [-0.4, -0.2) is 0 Å². The molecule has 0 heteroatoms. The minimum Gasteiger partial charge on any atom is -0.0985 e. The van der Waals surface area contributed by atoms with Gasteiger partial charge in [-0.05, 0) is 5.57 Å². The molecule has 0 aromatic carbocycles. The van der Waals surface area contributed by atoms with E-state index in [-0.39, 0.29) is 0 Å². The molecular weight excluding hydrogens is 132 g/mol. The molecule has 0 spiro atoms. The molecule has 0 nitrogen and oxygen atoms in total. The van der Waals surface area contributed by atoms with E-state index in [1.807, 2.05) is 18.2 Å². The SMILES string of the molecule is C=CC(=C)/C=C/C1C=CC=C1. The smallest absolute Gasteiger partial charge is 0.0136 e. The molecule has 56 valence electrons. The monoisotopic (exact) mass is 144 g/mol. The first-order valence-corrected chi connectivity index (χ1v) is 3.67. The molecule has 1 rings (SSSR count). The van der Waals surface area contributed by atoms with Gasteiger partial charge in [0.2, 0.25) is 0 Å². The van der Waals surface area contributed by atoms with E-state index in [0.29, 0.717) is 5.92 Å². The maximum Gasteiger partial charge on any atom is 0.0136 e. The largest absolute Gasteiger partial charge is 0.0985 e. The summed E-state index contributed by atoms with van der Waals surface area (Å²) in [7, 11) is 0. The van der Waals surface area contributed by atoms with E-state index < -0.39 is 0 Å². The van der Waals surface area contributed by atoms with Gasteiger partial charge in [-0.25, -0.2) is 0 Å². The Bertz CT molecular complexity index is 227. The topological polar surface area (TPSA) is 0 Å². The Labute approximate surface area is 67.9 Å². The summed E-state index contributed by atoms with van der Waals surface area (Å²) < 4.78 is 0. The van der Waals surface area contributed by atoms with Gasteiger partial charge in [-0.3, -0.25) is 0 Å². The molecule has 0 heterocycles. The van der Waals surface area contributed by atoms with E-state index in [2.05, 4.69) is 31.4 Å². The van der Waals surface area contributed by atoms with Crippen LogP contribution in [0.5, 0.6) is 0 Å². The van der Waals surface area contributed by atoms with Gasteiger partial charge in [0.1, 0.15) is 0 Å². The summed E-state index contributed by atoms with van der Waals surface area (Å²) in [4.78, 5) is 0. The van der Waals surface area contributed by atoms with Gasteiger partial charge in [0.05, 0.1) is 0 Å². The average molecular weight is 144 g/mol. The molecule has 0 amide bonds. The van der Waals surface area contributed by atoms with Crippen molar-refractivity contribution in [2.75, 3.05) is 0 Å². The van der Waals surface area contributed by atoms with Crippen molar-refractivity contribution >= 4 is 0 Å². The summed E-state index contributed by atoms with van der Waals surface area (Å²) in [6, 6.07) is 0. The van der Waals surface area contributed by atoms with Crippen molar-refractivity contribution in [2.24, 2.45) is 5.92 Å². The molecule has 11 heavy (non-hydrogen) atoms. The summed E-state index contributed by atoms with van der Waals surface area (Å²) in [5.41, 5.74) is 0.957. The highest BCUT2D eigenvalue weighted by Crippen LogP contribution is 2.10. The molecule has 0 fully saturated rings. The van der Waals surface area contributed by atoms with Crippen LogP contribution >= 0.6 is 0 Å². The zero-order chi connectivity index (χ0) is 8.10. The summed E-state index contributed by atoms with van der Waals surface area (Å²) in [5, 5.41) is 0. The highest BCUT2D eigenvalue weighted by Gasteiger charge is 1.95. The number of hydrogen-bond acceptors (Lipinski definition) is 0. The van der Waals surface area contributed by atoms with Gasteiger partial charge in [-0.2, -0.15) is 0 Å². The van der Waals surface area contributed by atoms with Crippen LogP contribution < -0.4 is 0 Å². The van der Waals surface area contributed by atoms with Crippen LogP contribution in [0.4, 0.5) is 0 Å². The molecule has 1 aliphatic carbocycles. The fourth-order valence-electron chi connectivity index (χ4n) is 0.880. The molecule has 0 aliphatic heterocycles. The van der Waals surface area contributed by atoms with E-state index in [1.54, 1.807) is 6.08 Å². The lowest BCUT2D eigenvalue weighted by molar-refractivity contribution is 1.09. The molecule has 0 bridgehead atoms. The third-order valence-electron chi connectivity index (χ3n) is 1.57. The Morgan fingerprint density at radius 1 is 1.27 bits per heavy atom. The van der Waals surface area contributed by atoms with Crippen molar-refractivity contribution in [1.82, 2.24) is 0 Å². The molecule has 0 N–H and O–H groups in total. The van der Waals surface area contributed by atoms with Crippen LogP contribution in [0.25, 0.3) is 0 Å². The third-order valence-corrected chi connectivity index (χ3v) is 1.57. The van der Waals surface area contributed by atoms with E-state index in [1.165, 1.54) is 0 Å². The van der Waals surface area contributed by atoms with Crippen LogP contribution in [0.1, 0.15) is 0 Å². The van der Waals surface area contributed by atoms with Gasteiger partial charge < -0.3 is 0 Å². The lowest BCUT2D eigenvalue weighted by Gasteiger charge is -1.94. The second-order valence-corrected chi connectivity index (χ2v) is 2.49. The summed E-state index contributed by atoms with van der Waals surface area (Å²) in [5.74, 6) is 0.451. The van der Waals surface area contributed by atoms with Crippen molar-refractivity contribution in [3.05, 3.63) is 61.3 Å². The Morgan fingerprint density at radius 2 is 1.91 bits per heavy atom. The standard InChI is InChI=1S/C11H12/c1-3-10(2)8-9-11-6-4-5-7-11/h3-9,11H,1-2H2/b9-8+. The maximum absolute atomic E-state index is 3.78. The first-order valence-electron chi connectivity index (χ1n) is 3.67. The average Bonchev–Trinajstić information content (AvgIpc) is 2.52.